The molecule has 0 bridgehead atoms. The van der Waals surface area contributed by atoms with E-state index in [-0.39, 0.29) is 47.3 Å². The van der Waals surface area contributed by atoms with Crippen LogP contribution in [0.4, 0.5) is 0 Å². The summed E-state index contributed by atoms with van der Waals surface area (Å²) in [5, 5.41) is 10.8. The van der Waals surface area contributed by atoms with Crippen LogP contribution in [0.15, 0.2) is 0 Å². The van der Waals surface area contributed by atoms with E-state index in [1.54, 1.807) is 0 Å². The third-order valence-corrected chi connectivity index (χ3v) is 9.66. The van der Waals surface area contributed by atoms with Crippen LogP contribution >= 0.6 is 0 Å². The van der Waals surface area contributed by atoms with Crippen molar-refractivity contribution in [3.63, 3.8) is 0 Å². The molecule has 4 saturated heterocycles. The highest BCUT2D eigenvalue weighted by molar-refractivity contribution is 5.77. The quantitative estimate of drug-likeness (QED) is 0.742. The summed E-state index contributed by atoms with van der Waals surface area (Å²) >= 11 is 0. The second-order valence-corrected chi connectivity index (χ2v) is 11.2. The van der Waals surface area contributed by atoms with Crippen LogP contribution in [0.5, 0.6) is 0 Å². The molecular formula is C22H30O6. The Balaban J connectivity index is 1.28. The van der Waals surface area contributed by atoms with E-state index in [1.165, 1.54) is 0 Å². The molecule has 1 N–H and O–H groups in total. The van der Waals surface area contributed by atoms with Gasteiger partial charge in [0.2, 0.25) is 0 Å². The Kier molecular flexibility index (Phi) is 3.02. The second-order valence-electron chi connectivity index (χ2n) is 11.2. The van der Waals surface area contributed by atoms with Gasteiger partial charge in [-0.2, -0.15) is 0 Å². The largest absolute Gasteiger partial charge is 0.481 e. The van der Waals surface area contributed by atoms with Gasteiger partial charge in [0.1, 0.15) is 12.2 Å². The van der Waals surface area contributed by atoms with Crippen molar-refractivity contribution in [1.29, 1.82) is 0 Å². The molecule has 7 rings (SSSR count). The lowest BCUT2D eigenvalue weighted by Crippen LogP contribution is -2.58. The fourth-order valence-corrected chi connectivity index (χ4v) is 8.00. The highest BCUT2D eigenvalue weighted by Gasteiger charge is 2.77. The van der Waals surface area contributed by atoms with Gasteiger partial charge in [-0.3, -0.25) is 4.79 Å². The predicted octanol–water partition coefficient (Wildman–Crippen LogP) is 2.53. The summed E-state index contributed by atoms with van der Waals surface area (Å²) in [6.45, 7) is 4.46. The molecule has 7 aliphatic rings. The van der Waals surface area contributed by atoms with Crippen molar-refractivity contribution < 1.29 is 28.8 Å². The fourth-order valence-electron chi connectivity index (χ4n) is 8.00. The number of carboxylic acids is 1. The lowest BCUT2D eigenvalue weighted by Gasteiger charge is -2.53. The first-order valence-corrected chi connectivity index (χ1v) is 11.2. The molecule has 0 spiro atoms. The predicted molar refractivity (Wildman–Crippen MR) is 96.7 cm³/mol. The van der Waals surface area contributed by atoms with Gasteiger partial charge in [0.05, 0.1) is 41.5 Å². The van der Waals surface area contributed by atoms with Crippen LogP contribution in [-0.4, -0.2) is 59.4 Å². The van der Waals surface area contributed by atoms with E-state index in [0.29, 0.717) is 24.7 Å². The van der Waals surface area contributed by atoms with Crippen molar-refractivity contribution in [1.82, 2.24) is 0 Å². The van der Waals surface area contributed by atoms with E-state index in [1.807, 2.05) is 0 Å². The number of carbonyl (C=O) groups is 1. The Morgan fingerprint density at radius 2 is 1.82 bits per heavy atom. The number of hydrogen-bond acceptors (Lipinski definition) is 5. The zero-order valence-electron chi connectivity index (χ0n) is 16.6. The van der Waals surface area contributed by atoms with Crippen molar-refractivity contribution in [3.05, 3.63) is 0 Å². The summed E-state index contributed by atoms with van der Waals surface area (Å²) in [5.41, 5.74) is -1.11. The Labute approximate surface area is 165 Å². The van der Waals surface area contributed by atoms with Crippen LogP contribution in [0.2, 0.25) is 0 Å². The van der Waals surface area contributed by atoms with Crippen molar-refractivity contribution in [2.24, 2.45) is 22.7 Å². The molecule has 0 aromatic heterocycles. The van der Waals surface area contributed by atoms with Crippen LogP contribution in [0.1, 0.15) is 58.8 Å². The average molecular weight is 390 g/mol. The molecule has 7 fully saturated rings. The molecule has 3 saturated carbocycles. The molecule has 12 atom stereocenters. The van der Waals surface area contributed by atoms with Gasteiger partial charge in [-0.05, 0) is 56.3 Å². The van der Waals surface area contributed by atoms with Gasteiger partial charge in [-0.25, -0.2) is 0 Å². The lowest BCUT2D eigenvalue weighted by atomic mass is 9.48. The molecule has 0 amide bonds. The number of hydrogen-bond donors (Lipinski definition) is 1. The maximum absolute atomic E-state index is 13.1. The molecule has 4 aliphatic heterocycles. The summed E-state index contributed by atoms with van der Waals surface area (Å²) in [7, 11) is 0. The molecule has 3 aliphatic carbocycles. The molecule has 6 nitrogen and oxygen atoms in total. The smallest absolute Gasteiger partial charge is 0.310 e. The third kappa shape index (κ3) is 2.06. The molecule has 6 heteroatoms. The number of fused-ring (bicyclic) bond motifs is 5. The Morgan fingerprint density at radius 3 is 2.61 bits per heavy atom. The van der Waals surface area contributed by atoms with E-state index in [4.69, 9.17) is 18.9 Å². The number of epoxide rings is 4. The number of rotatable bonds is 4. The van der Waals surface area contributed by atoms with Crippen molar-refractivity contribution in [2.45, 2.75) is 107 Å². The Hall–Kier alpha value is -0.690. The molecule has 12 unspecified atom stereocenters. The highest BCUT2D eigenvalue weighted by Crippen LogP contribution is 2.69. The van der Waals surface area contributed by atoms with Crippen molar-refractivity contribution >= 4 is 5.97 Å². The van der Waals surface area contributed by atoms with E-state index >= 15 is 0 Å². The van der Waals surface area contributed by atoms with Gasteiger partial charge in [-0.1, -0.05) is 13.8 Å². The first kappa shape index (κ1) is 17.0. The maximum Gasteiger partial charge on any atom is 0.310 e. The lowest BCUT2D eigenvalue weighted by molar-refractivity contribution is -0.170. The van der Waals surface area contributed by atoms with E-state index < -0.39 is 11.4 Å². The SMILES string of the molecule is CC1CC2OC2C(C2(C)CCC3OC3C2)C1(CC12CCC3OC3C1O2)C(=O)O. The fraction of sp³-hybridized carbons (Fsp3) is 0.955. The Bertz CT molecular complexity index is 755. The summed E-state index contributed by atoms with van der Waals surface area (Å²) < 4.78 is 24.0. The van der Waals surface area contributed by atoms with E-state index in [0.717, 1.165) is 38.5 Å². The summed E-state index contributed by atoms with van der Waals surface area (Å²) in [4.78, 5) is 13.1. The molecule has 0 aromatic rings. The second kappa shape index (κ2) is 4.96. The van der Waals surface area contributed by atoms with Gasteiger partial charge in [0, 0.05) is 5.92 Å². The van der Waals surface area contributed by atoms with Crippen LogP contribution in [0.25, 0.3) is 0 Å². The third-order valence-electron chi connectivity index (χ3n) is 9.66. The number of carboxylic acid groups (broad SMARTS) is 1. The normalized spacial score (nSPS) is 65.3. The van der Waals surface area contributed by atoms with Crippen LogP contribution < -0.4 is 0 Å². The summed E-state index contributed by atoms with van der Waals surface area (Å²) in [5.74, 6) is -0.513. The van der Waals surface area contributed by atoms with Gasteiger partial charge in [0.15, 0.2) is 0 Å². The molecule has 28 heavy (non-hydrogen) atoms. The molecule has 4 heterocycles. The monoisotopic (exact) mass is 390 g/mol. The van der Waals surface area contributed by atoms with Crippen LogP contribution in [0.3, 0.4) is 0 Å². The maximum atomic E-state index is 13.1. The molecule has 154 valence electrons. The van der Waals surface area contributed by atoms with Crippen LogP contribution in [0, 0.1) is 22.7 Å². The number of ether oxygens (including phenoxy) is 4. The first-order chi connectivity index (χ1) is 13.4. The van der Waals surface area contributed by atoms with Gasteiger partial charge in [-0.15, -0.1) is 0 Å². The minimum atomic E-state index is -0.787. The molecular weight excluding hydrogens is 360 g/mol. The zero-order valence-corrected chi connectivity index (χ0v) is 16.6. The van der Waals surface area contributed by atoms with Crippen LogP contribution in [-0.2, 0) is 23.7 Å². The van der Waals surface area contributed by atoms with Gasteiger partial charge >= 0.3 is 5.97 Å². The zero-order chi connectivity index (χ0) is 19.1. The van der Waals surface area contributed by atoms with Gasteiger partial charge in [0.25, 0.3) is 0 Å². The van der Waals surface area contributed by atoms with E-state index in [2.05, 4.69) is 13.8 Å². The topological polar surface area (TPSA) is 87.4 Å². The minimum absolute atomic E-state index is 0.0356. The summed E-state index contributed by atoms with van der Waals surface area (Å²) in [6, 6.07) is 0. The standard InChI is InChI=1S/C22H30O6/c1-10-7-13-15(27-13)17(20(2)5-3-11-14(8-20)25-11)22(10,19(23)24)9-21-6-4-12-16(26-12)18(21)28-21/h10-18H,3-9H2,1-2H3,(H,23,24). The first-order valence-electron chi connectivity index (χ1n) is 11.2. The molecule has 0 aromatic carbocycles. The average Bonchev–Trinajstić information content (AvgIpc) is 3.44. The Morgan fingerprint density at radius 1 is 1.04 bits per heavy atom. The minimum Gasteiger partial charge on any atom is -0.481 e. The molecule has 0 radical (unpaired) electrons. The highest BCUT2D eigenvalue weighted by atomic mass is 16.7. The summed E-state index contributed by atoms with van der Waals surface area (Å²) in [6.07, 6.45) is 8.27. The van der Waals surface area contributed by atoms with E-state index in [9.17, 15) is 9.90 Å². The van der Waals surface area contributed by atoms with Gasteiger partial charge < -0.3 is 24.1 Å². The number of aliphatic carboxylic acids is 1. The van der Waals surface area contributed by atoms with Crippen molar-refractivity contribution in [2.75, 3.05) is 0 Å². The van der Waals surface area contributed by atoms with Crippen molar-refractivity contribution in [3.8, 4) is 0 Å².